The molecule has 0 aromatic heterocycles. The van der Waals surface area contributed by atoms with Gasteiger partial charge in [0.2, 0.25) is 11.8 Å². The van der Waals surface area contributed by atoms with Gasteiger partial charge in [-0.05, 0) is 61.4 Å². The molecule has 170 valence electrons. The van der Waals surface area contributed by atoms with E-state index in [0.29, 0.717) is 17.1 Å². The molecule has 2 aliphatic carbocycles. The largest absolute Gasteiger partial charge is 0.495 e. The molecular weight excluding hydrogens is 424 g/mol. The second-order valence-corrected chi connectivity index (χ2v) is 8.77. The second kappa shape index (κ2) is 8.35. The summed E-state index contributed by atoms with van der Waals surface area (Å²) in [5.74, 6) is -0.965. The Labute approximate surface area is 190 Å². The van der Waals surface area contributed by atoms with Crippen molar-refractivity contribution in [3.8, 4) is 5.75 Å². The maximum atomic E-state index is 13.0. The van der Waals surface area contributed by atoms with E-state index in [2.05, 4.69) is 5.32 Å². The Morgan fingerprint density at radius 2 is 1.70 bits per heavy atom. The van der Waals surface area contributed by atoms with E-state index in [1.165, 1.54) is 24.1 Å². The van der Waals surface area contributed by atoms with E-state index < -0.39 is 18.5 Å². The van der Waals surface area contributed by atoms with Gasteiger partial charge in [-0.1, -0.05) is 18.2 Å². The number of carbonyl (C=O) groups is 4. The maximum Gasteiger partial charge on any atom is 0.338 e. The zero-order valence-corrected chi connectivity index (χ0v) is 18.2. The van der Waals surface area contributed by atoms with Gasteiger partial charge in [0.25, 0.3) is 5.91 Å². The summed E-state index contributed by atoms with van der Waals surface area (Å²) in [5.41, 5.74) is 0.999. The predicted octanol–water partition coefficient (Wildman–Crippen LogP) is 3.03. The Morgan fingerprint density at radius 1 is 1.00 bits per heavy atom. The molecule has 8 heteroatoms. The molecule has 3 aliphatic rings. The van der Waals surface area contributed by atoms with Crippen molar-refractivity contribution in [2.24, 2.45) is 23.7 Å². The monoisotopic (exact) mass is 448 g/mol. The number of amides is 3. The van der Waals surface area contributed by atoms with Crippen LogP contribution in [-0.2, 0) is 19.1 Å². The molecule has 33 heavy (non-hydrogen) atoms. The lowest BCUT2D eigenvalue weighted by Crippen LogP contribution is -2.32. The van der Waals surface area contributed by atoms with Gasteiger partial charge >= 0.3 is 5.97 Å². The summed E-state index contributed by atoms with van der Waals surface area (Å²) in [7, 11) is 1.49. The van der Waals surface area contributed by atoms with Crippen LogP contribution in [0.15, 0.2) is 48.5 Å². The smallest absolute Gasteiger partial charge is 0.338 e. The van der Waals surface area contributed by atoms with Gasteiger partial charge in [-0.3, -0.25) is 19.3 Å². The van der Waals surface area contributed by atoms with Gasteiger partial charge in [-0.15, -0.1) is 0 Å². The summed E-state index contributed by atoms with van der Waals surface area (Å²) in [5, 5.41) is 2.63. The van der Waals surface area contributed by atoms with E-state index in [4.69, 9.17) is 9.47 Å². The van der Waals surface area contributed by atoms with Crippen molar-refractivity contribution in [3.05, 3.63) is 54.1 Å². The van der Waals surface area contributed by atoms with E-state index in [-0.39, 0.29) is 41.0 Å². The number of hydrogen-bond acceptors (Lipinski definition) is 6. The third kappa shape index (κ3) is 3.65. The predicted molar refractivity (Wildman–Crippen MR) is 119 cm³/mol. The van der Waals surface area contributed by atoms with Gasteiger partial charge in [0.1, 0.15) is 5.75 Å². The number of esters is 1. The van der Waals surface area contributed by atoms with Crippen molar-refractivity contribution < 1.29 is 28.7 Å². The van der Waals surface area contributed by atoms with Crippen LogP contribution in [0.2, 0.25) is 0 Å². The van der Waals surface area contributed by atoms with Crippen molar-refractivity contribution in [1.82, 2.24) is 0 Å². The van der Waals surface area contributed by atoms with Crippen molar-refractivity contribution in [3.63, 3.8) is 0 Å². The van der Waals surface area contributed by atoms with Crippen molar-refractivity contribution >= 4 is 35.1 Å². The second-order valence-electron chi connectivity index (χ2n) is 8.77. The fraction of sp³-hybridized carbons (Fsp3) is 0.360. The van der Waals surface area contributed by atoms with Crippen LogP contribution in [0.5, 0.6) is 5.75 Å². The number of nitrogens with one attached hydrogen (secondary N) is 1. The van der Waals surface area contributed by atoms with Crippen LogP contribution in [0.3, 0.4) is 0 Å². The number of para-hydroxylation sites is 2. The van der Waals surface area contributed by atoms with Gasteiger partial charge in [0, 0.05) is 0 Å². The number of methoxy groups -OCH3 is 1. The molecule has 2 saturated carbocycles. The molecule has 5 rings (SSSR count). The molecule has 1 aliphatic heterocycles. The number of hydrogen-bond donors (Lipinski definition) is 1. The van der Waals surface area contributed by atoms with E-state index in [1.807, 2.05) is 0 Å². The van der Waals surface area contributed by atoms with E-state index >= 15 is 0 Å². The third-order valence-electron chi connectivity index (χ3n) is 6.98. The Hall–Kier alpha value is -3.68. The molecule has 1 heterocycles. The van der Waals surface area contributed by atoms with Crippen molar-refractivity contribution in [1.29, 1.82) is 0 Å². The van der Waals surface area contributed by atoms with Gasteiger partial charge in [0.15, 0.2) is 6.61 Å². The first kappa shape index (κ1) is 21.2. The van der Waals surface area contributed by atoms with E-state index in [9.17, 15) is 19.2 Å². The maximum absolute atomic E-state index is 13.0. The highest BCUT2D eigenvalue weighted by Gasteiger charge is 2.61. The molecule has 8 nitrogen and oxygen atoms in total. The Balaban J connectivity index is 1.25. The molecule has 1 N–H and O–H groups in total. The van der Waals surface area contributed by atoms with Crippen LogP contribution in [0, 0.1) is 23.7 Å². The zero-order chi connectivity index (χ0) is 23.1. The molecule has 2 aromatic carbocycles. The Bertz CT molecular complexity index is 1120. The highest BCUT2D eigenvalue weighted by molar-refractivity contribution is 6.22. The van der Waals surface area contributed by atoms with Crippen LogP contribution in [0.4, 0.5) is 11.4 Å². The normalized spacial score (nSPS) is 25.2. The summed E-state index contributed by atoms with van der Waals surface area (Å²) >= 11 is 0. The standard InChI is InChI=1S/C25H24N2O6/c1-32-19-8-3-2-7-18(19)26-20(28)13-33-25(31)16-5-4-6-17(12-16)27-23(29)21-14-9-10-15(11-14)22(21)24(27)30/h2-8,12,14-15,21-22H,9-11,13H2,1H3,(H,26,28)/t14-,15-,21+,22+/m0/s1. The average Bonchev–Trinajstić information content (AvgIpc) is 3.51. The number of nitrogens with zero attached hydrogens (tertiary/aromatic N) is 1. The van der Waals surface area contributed by atoms with Crippen LogP contribution in [0.1, 0.15) is 29.6 Å². The summed E-state index contributed by atoms with van der Waals surface area (Å²) in [4.78, 5) is 52.1. The molecule has 0 unspecified atom stereocenters. The highest BCUT2D eigenvalue weighted by Crippen LogP contribution is 2.56. The number of rotatable bonds is 6. The SMILES string of the molecule is COc1ccccc1NC(=O)COC(=O)c1cccc(N2C(=O)[C@@H]3[C@H]4CC[C@@H](C4)[C@H]3C2=O)c1. The number of imide groups is 1. The number of fused-ring (bicyclic) bond motifs is 5. The first-order valence-electron chi connectivity index (χ1n) is 11.1. The van der Waals surface area contributed by atoms with Gasteiger partial charge < -0.3 is 14.8 Å². The number of ether oxygens (including phenoxy) is 2. The summed E-state index contributed by atoms with van der Waals surface area (Å²) < 4.78 is 10.3. The molecule has 1 saturated heterocycles. The zero-order valence-electron chi connectivity index (χ0n) is 18.2. The lowest BCUT2D eigenvalue weighted by molar-refractivity contribution is -0.123. The lowest BCUT2D eigenvalue weighted by atomic mass is 9.81. The van der Waals surface area contributed by atoms with E-state index in [1.54, 1.807) is 36.4 Å². The molecule has 0 spiro atoms. The first-order chi connectivity index (χ1) is 16.0. The van der Waals surface area contributed by atoms with Crippen LogP contribution in [-0.4, -0.2) is 37.4 Å². The Morgan fingerprint density at radius 3 is 2.39 bits per heavy atom. The van der Waals surface area contributed by atoms with Crippen molar-refractivity contribution in [2.45, 2.75) is 19.3 Å². The summed E-state index contributed by atoms with van der Waals surface area (Å²) in [6, 6.07) is 13.1. The highest BCUT2D eigenvalue weighted by atomic mass is 16.5. The van der Waals surface area contributed by atoms with E-state index in [0.717, 1.165) is 19.3 Å². The minimum Gasteiger partial charge on any atom is -0.495 e. The lowest BCUT2D eigenvalue weighted by Gasteiger charge is -2.19. The van der Waals surface area contributed by atoms with Gasteiger partial charge in [0.05, 0.1) is 35.9 Å². The molecule has 0 radical (unpaired) electrons. The Kier molecular flexibility index (Phi) is 5.36. The number of carbonyl (C=O) groups excluding carboxylic acids is 4. The van der Waals surface area contributed by atoms with Crippen LogP contribution in [0.25, 0.3) is 0 Å². The fourth-order valence-corrected chi connectivity index (χ4v) is 5.58. The summed E-state index contributed by atoms with van der Waals surface area (Å²) in [6.45, 7) is -0.490. The molecule has 2 bridgehead atoms. The van der Waals surface area contributed by atoms with Crippen LogP contribution >= 0.6 is 0 Å². The first-order valence-corrected chi connectivity index (χ1v) is 11.1. The van der Waals surface area contributed by atoms with Crippen LogP contribution < -0.4 is 15.0 Å². The fourth-order valence-electron chi connectivity index (χ4n) is 5.58. The summed E-state index contributed by atoms with van der Waals surface area (Å²) in [6.07, 6.45) is 2.97. The minimum atomic E-state index is -0.716. The molecule has 3 fully saturated rings. The number of anilines is 2. The minimum absolute atomic E-state index is 0.165. The average molecular weight is 448 g/mol. The van der Waals surface area contributed by atoms with Crippen molar-refractivity contribution in [2.75, 3.05) is 23.9 Å². The van der Waals surface area contributed by atoms with Gasteiger partial charge in [-0.25, -0.2) is 4.79 Å². The van der Waals surface area contributed by atoms with Gasteiger partial charge in [-0.2, -0.15) is 0 Å². The quantitative estimate of drug-likeness (QED) is 0.538. The molecule has 4 atom stereocenters. The molecule has 3 amide bonds. The third-order valence-corrected chi connectivity index (χ3v) is 6.98. The number of benzene rings is 2. The molecule has 2 aromatic rings. The topological polar surface area (TPSA) is 102 Å². The molecular formula is C25H24N2O6.